The van der Waals surface area contributed by atoms with Crippen molar-refractivity contribution >= 4 is 51.6 Å². The molecule has 1 aromatic heterocycles. The molecule has 2 aromatic rings. The third-order valence-corrected chi connectivity index (χ3v) is 2.94. The number of nitrogens with two attached hydrogens (primary N) is 1. The van der Waals surface area contributed by atoms with Crippen LogP contribution in [0.4, 0.5) is 0 Å². The first-order chi connectivity index (χ1) is 7.26. The van der Waals surface area contributed by atoms with Crippen molar-refractivity contribution in [2.24, 2.45) is 5.73 Å². The quantitative estimate of drug-likeness (QED) is 0.648. The Labute approximate surface area is 120 Å². The van der Waals surface area contributed by atoms with E-state index in [4.69, 9.17) is 10.9 Å². The Morgan fingerprint density at radius 1 is 1.41 bits per heavy atom. The maximum absolute atomic E-state index is 8.96. The van der Waals surface area contributed by atoms with Crippen LogP contribution >= 0.6 is 40.7 Å². The number of hydrogen-bond acceptors (Lipinski definition) is 3. The molecule has 1 aromatic carbocycles. The molecule has 1 atom stereocenters. The van der Waals surface area contributed by atoms with Gasteiger partial charge in [-0.2, -0.15) is 5.48 Å². The maximum Gasteiger partial charge on any atom is 0.0712 e. The van der Waals surface area contributed by atoms with Gasteiger partial charge < -0.3 is 15.9 Å². The van der Waals surface area contributed by atoms with Crippen molar-refractivity contribution < 1.29 is 5.21 Å². The van der Waals surface area contributed by atoms with Gasteiger partial charge in [-0.1, -0.05) is 22.0 Å². The van der Waals surface area contributed by atoms with Crippen LogP contribution in [-0.4, -0.2) is 16.7 Å². The van der Waals surface area contributed by atoms with Gasteiger partial charge >= 0.3 is 0 Å². The second-order valence-corrected chi connectivity index (χ2v) is 4.27. The predicted molar refractivity (Wildman–Crippen MR) is 77.2 cm³/mol. The van der Waals surface area contributed by atoms with E-state index in [9.17, 15) is 0 Å². The van der Waals surface area contributed by atoms with E-state index >= 15 is 0 Å². The number of fused-ring (bicyclic) bond motifs is 1. The van der Waals surface area contributed by atoms with Crippen molar-refractivity contribution in [2.75, 3.05) is 6.54 Å². The topological polar surface area (TPSA) is 74.1 Å². The van der Waals surface area contributed by atoms with Gasteiger partial charge in [-0.25, -0.2) is 0 Å². The van der Waals surface area contributed by atoms with E-state index in [0.29, 0.717) is 6.54 Å². The van der Waals surface area contributed by atoms with Crippen LogP contribution in [-0.2, 0) is 0 Å². The summed E-state index contributed by atoms with van der Waals surface area (Å²) in [5.74, 6) is 0. The molecule has 0 aliphatic carbocycles. The number of hydrogen-bond donors (Lipinski definition) is 4. The summed E-state index contributed by atoms with van der Waals surface area (Å²) in [5, 5.41) is 10.0. The lowest BCUT2D eigenvalue weighted by atomic mass is 10.1. The molecule has 1 heterocycles. The van der Waals surface area contributed by atoms with Crippen molar-refractivity contribution in [1.82, 2.24) is 10.5 Å². The number of hydroxylamine groups is 1. The number of halogens is 3. The lowest BCUT2D eigenvalue weighted by molar-refractivity contribution is 0.129. The maximum atomic E-state index is 8.96. The Hall–Kier alpha value is -0.300. The number of nitrogens with one attached hydrogen (secondary N) is 2. The third-order valence-electron chi connectivity index (χ3n) is 2.44. The van der Waals surface area contributed by atoms with Crippen LogP contribution in [0.5, 0.6) is 0 Å². The SMILES string of the molecule is Cl.Cl.NCC(NO)c1c[nH]c2cc(Br)ccc12. The summed E-state index contributed by atoms with van der Waals surface area (Å²) >= 11 is 3.40. The summed E-state index contributed by atoms with van der Waals surface area (Å²) in [4.78, 5) is 3.14. The van der Waals surface area contributed by atoms with Gasteiger partial charge in [0.1, 0.15) is 0 Å². The molecule has 5 N–H and O–H groups in total. The molecule has 1 unspecified atom stereocenters. The van der Waals surface area contributed by atoms with Crippen molar-refractivity contribution in [1.29, 1.82) is 0 Å². The van der Waals surface area contributed by atoms with Gasteiger partial charge in [-0.3, -0.25) is 0 Å². The average Bonchev–Trinajstić information content (AvgIpc) is 2.63. The van der Waals surface area contributed by atoms with Crippen LogP contribution in [0.3, 0.4) is 0 Å². The molecule has 0 amide bonds. The van der Waals surface area contributed by atoms with Crippen LogP contribution in [0, 0.1) is 0 Å². The minimum absolute atomic E-state index is 0. The first-order valence-corrected chi connectivity index (χ1v) is 5.41. The molecular formula is C10H14BrCl2N3O. The van der Waals surface area contributed by atoms with Crippen LogP contribution in [0.1, 0.15) is 11.6 Å². The van der Waals surface area contributed by atoms with E-state index in [2.05, 4.69) is 26.4 Å². The largest absolute Gasteiger partial charge is 0.361 e. The lowest BCUT2D eigenvalue weighted by Gasteiger charge is -2.10. The van der Waals surface area contributed by atoms with E-state index in [1.165, 1.54) is 0 Å². The Morgan fingerprint density at radius 3 is 2.71 bits per heavy atom. The number of benzene rings is 1. The first kappa shape index (κ1) is 16.7. The Bertz CT molecular complexity index is 474. The van der Waals surface area contributed by atoms with Crippen molar-refractivity contribution in [3.8, 4) is 0 Å². The van der Waals surface area contributed by atoms with Gasteiger partial charge in [0.25, 0.3) is 0 Å². The highest BCUT2D eigenvalue weighted by molar-refractivity contribution is 9.10. The molecular weight excluding hydrogens is 329 g/mol. The Balaban J connectivity index is 0.00000128. The van der Waals surface area contributed by atoms with Crippen LogP contribution in [0.25, 0.3) is 10.9 Å². The van der Waals surface area contributed by atoms with Gasteiger partial charge in [0.2, 0.25) is 0 Å². The molecule has 4 nitrogen and oxygen atoms in total. The number of rotatable bonds is 3. The highest BCUT2D eigenvalue weighted by Crippen LogP contribution is 2.25. The minimum Gasteiger partial charge on any atom is -0.361 e. The van der Waals surface area contributed by atoms with E-state index < -0.39 is 0 Å². The molecule has 0 fully saturated rings. The second-order valence-electron chi connectivity index (χ2n) is 3.35. The molecule has 2 rings (SSSR count). The minimum atomic E-state index is -0.236. The zero-order chi connectivity index (χ0) is 10.8. The summed E-state index contributed by atoms with van der Waals surface area (Å²) in [5.41, 5.74) is 9.75. The molecule has 0 saturated carbocycles. The molecule has 96 valence electrons. The van der Waals surface area contributed by atoms with Crippen molar-refractivity contribution in [2.45, 2.75) is 6.04 Å². The Morgan fingerprint density at radius 2 is 2.12 bits per heavy atom. The molecule has 0 saturated heterocycles. The van der Waals surface area contributed by atoms with Gasteiger partial charge in [0.05, 0.1) is 6.04 Å². The smallest absolute Gasteiger partial charge is 0.0712 e. The number of aromatic nitrogens is 1. The second kappa shape index (κ2) is 7.20. The summed E-state index contributed by atoms with van der Waals surface area (Å²) in [6, 6.07) is 5.71. The van der Waals surface area contributed by atoms with E-state index in [1.807, 2.05) is 24.4 Å². The van der Waals surface area contributed by atoms with Crippen LogP contribution in [0.2, 0.25) is 0 Å². The summed E-state index contributed by atoms with van der Waals surface area (Å²) in [6.07, 6.45) is 1.86. The fourth-order valence-corrected chi connectivity index (χ4v) is 2.02. The normalized spacial score (nSPS) is 11.7. The van der Waals surface area contributed by atoms with Crippen molar-refractivity contribution in [3.05, 3.63) is 34.4 Å². The van der Waals surface area contributed by atoms with Crippen LogP contribution in [0.15, 0.2) is 28.9 Å². The zero-order valence-corrected chi connectivity index (χ0v) is 12.0. The molecule has 0 spiro atoms. The molecule has 7 heteroatoms. The predicted octanol–water partition coefficient (Wildman–Crippen LogP) is 2.75. The lowest BCUT2D eigenvalue weighted by Crippen LogP contribution is -2.24. The van der Waals surface area contributed by atoms with Crippen LogP contribution < -0.4 is 11.2 Å². The summed E-state index contributed by atoms with van der Waals surface area (Å²) < 4.78 is 1.02. The van der Waals surface area contributed by atoms with E-state index in [-0.39, 0.29) is 30.9 Å². The highest BCUT2D eigenvalue weighted by atomic mass is 79.9. The van der Waals surface area contributed by atoms with Gasteiger partial charge in [0.15, 0.2) is 0 Å². The molecule has 0 aliphatic heterocycles. The molecule has 0 bridgehead atoms. The molecule has 0 radical (unpaired) electrons. The number of H-pyrrole nitrogens is 1. The fraction of sp³-hybridized carbons (Fsp3) is 0.200. The fourth-order valence-electron chi connectivity index (χ4n) is 1.66. The monoisotopic (exact) mass is 341 g/mol. The van der Waals surface area contributed by atoms with E-state index in [1.54, 1.807) is 0 Å². The number of aromatic amines is 1. The molecule has 17 heavy (non-hydrogen) atoms. The first-order valence-electron chi connectivity index (χ1n) is 4.62. The zero-order valence-electron chi connectivity index (χ0n) is 8.81. The Kier molecular flexibility index (Phi) is 7.08. The van der Waals surface area contributed by atoms with Gasteiger partial charge in [-0.05, 0) is 17.7 Å². The van der Waals surface area contributed by atoms with Gasteiger partial charge in [0, 0.05) is 28.1 Å². The third kappa shape index (κ3) is 3.34. The van der Waals surface area contributed by atoms with E-state index in [0.717, 1.165) is 20.9 Å². The summed E-state index contributed by atoms with van der Waals surface area (Å²) in [7, 11) is 0. The highest BCUT2D eigenvalue weighted by Gasteiger charge is 2.13. The summed E-state index contributed by atoms with van der Waals surface area (Å²) in [6.45, 7) is 0.347. The molecule has 0 aliphatic rings. The average molecular weight is 343 g/mol. The standard InChI is InChI=1S/C10H12BrN3O.2ClH/c11-6-1-2-7-8(10(4-12)14-15)5-13-9(7)3-6;;/h1-3,5,10,13-15H,4,12H2;2*1H. The van der Waals surface area contributed by atoms with Crippen molar-refractivity contribution in [3.63, 3.8) is 0 Å². The van der Waals surface area contributed by atoms with Gasteiger partial charge in [-0.15, -0.1) is 24.8 Å².